The standard InChI is InChI=1S/C12H16F2N2O3S/c1-16-2-3-19-9(6-16)7-20(17,18)12-10(13)4-8(15)5-11(12)14/h4-5,9H,2-3,6-7,15H2,1H3. The van der Waals surface area contributed by atoms with E-state index in [1.54, 1.807) is 0 Å². The minimum absolute atomic E-state index is 0.160. The molecule has 0 amide bonds. The van der Waals surface area contributed by atoms with Crippen LogP contribution in [0.5, 0.6) is 0 Å². The van der Waals surface area contributed by atoms with Gasteiger partial charge in [0.25, 0.3) is 0 Å². The lowest BCUT2D eigenvalue weighted by molar-refractivity contribution is -0.00683. The van der Waals surface area contributed by atoms with E-state index in [1.807, 2.05) is 11.9 Å². The molecule has 0 spiro atoms. The average Bonchev–Trinajstić information content (AvgIpc) is 2.25. The third-order valence-corrected chi connectivity index (χ3v) is 4.90. The summed E-state index contributed by atoms with van der Waals surface area (Å²) < 4.78 is 57.0. The van der Waals surface area contributed by atoms with Crippen molar-refractivity contribution in [1.82, 2.24) is 4.90 Å². The lowest BCUT2D eigenvalue weighted by Gasteiger charge is -2.29. The molecule has 20 heavy (non-hydrogen) atoms. The van der Waals surface area contributed by atoms with Crippen LogP contribution in [0.4, 0.5) is 14.5 Å². The first-order valence-corrected chi connectivity index (χ1v) is 7.72. The van der Waals surface area contributed by atoms with Crippen molar-refractivity contribution in [3.05, 3.63) is 23.8 Å². The lowest BCUT2D eigenvalue weighted by Crippen LogP contribution is -2.43. The van der Waals surface area contributed by atoms with E-state index in [2.05, 4.69) is 0 Å². The Balaban J connectivity index is 2.27. The maximum absolute atomic E-state index is 13.7. The molecule has 1 unspecified atom stereocenters. The highest BCUT2D eigenvalue weighted by molar-refractivity contribution is 7.91. The number of sulfone groups is 1. The van der Waals surface area contributed by atoms with Gasteiger partial charge in [-0.25, -0.2) is 17.2 Å². The van der Waals surface area contributed by atoms with Gasteiger partial charge in [0.2, 0.25) is 0 Å². The molecule has 112 valence electrons. The number of nitrogens with zero attached hydrogens (tertiary/aromatic N) is 1. The third kappa shape index (κ3) is 3.25. The topological polar surface area (TPSA) is 72.6 Å². The summed E-state index contributed by atoms with van der Waals surface area (Å²) in [5.41, 5.74) is 5.11. The Labute approximate surface area is 116 Å². The van der Waals surface area contributed by atoms with E-state index in [0.29, 0.717) is 19.7 Å². The summed E-state index contributed by atoms with van der Waals surface area (Å²) in [6.07, 6.45) is -0.602. The van der Waals surface area contributed by atoms with Crippen molar-refractivity contribution in [2.45, 2.75) is 11.0 Å². The molecule has 1 saturated heterocycles. The third-order valence-electron chi connectivity index (χ3n) is 3.08. The number of hydrogen-bond donors (Lipinski definition) is 1. The van der Waals surface area contributed by atoms with Gasteiger partial charge in [0, 0.05) is 18.8 Å². The second-order valence-electron chi connectivity index (χ2n) is 4.85. The van der Waals surface area contributed by atoms with E-state index >= 15 is 0 Å². The van der Waals surface area contributed by atoms with Gasteiger partial charge in [-0.15, -0.1) is 0 Å². The Hall–Kier alpha value is -1.25. The number of likely N-dealkylation sites (N-methyl/N-ethyl adjacent to an activating group) is 1. The zero-order valence-corrected chi connectivity index (χ0v) is 11.8. The van der Waals surface area contributed by atoms with Gasteiger partial charge in [0.05, 0.1) is 18.5 Å². The molecule has 1 heterocycles. The average molecular weight is 306 g/mol. The van der Waals surface area contributed by atoms with Crippen LogP contribution in [0.15, 0.2) is 17.0 Å². The Bertz CT molecular complexity index is 584. The summed E-state index contributed by atoms with van der Waals surface area (Å²) in [6.45, 7) is 1.49. The fourth-order valence-corrected chi connectivity index (χ4v) is 3.74. The first kappa shape index (κ1) is 15.1. The van der Waals surface area contributed by atoms with E-state index < -0.39 is 38.2 Å². The molecule has 1 fully saturated rings. The molecule has 5 nitrogen and oxygen atoms in total. The van der Waals surface area contributed by atoms with Gasteiger partial charge < -0.3 is 15.4 Å². The summed E-state index contributed by atoms with van der Waals surface area (Å²) in [5, 5.41) is 0. The van der Waals surface area contributed by atoms with Gasteiger partial charge in [-0.05, 0) is 19.2 Å². The second kappa shape index (κ2) is 5.63. The minimum Gasteiger partial charge on any atom is -0.399 e. The highest BCUT2D eigenvalue weighted by atomic mass is 32.2. The summed E-state index contributed by atoms with van der Waals surface area (Å²) in [6, 6.07) is 1.59. The molecule has 2 rings (SSSR count). The number of hydrogen-bond acceptors (Lipinski definition) is 5. The van der Waals surface area contributed by atoms with Crippen molar-refractivity contribution >= 4 is 15.5 Å². The molecule has 0 aromatic heterocycles. The largest absolute Gasteiger partial charge is 0.399 e. The van der Waals surface area contributed by atoms with E-state index in [9.17, 15) is 17.2 Å². The van der Waals surface area contributed by atoms with Gasteiger partial charge in [-0.1, -0.05) is 0 Å². The summed E-state index contributed by atoms with van der Waals surface area (Å²) in [5.74, 6) is -2.81. The predicted molar refractivity (Wildman–Crippen MR) is 70.1 cm³/mol. The quantitative estimate of drug-likeness (QED) is 0.830. The van der Waals surface area contributed by atoms with Crippen LogP contribution in [-0.2, 0) is 14.6 Å². The van der Waals surface area contributed by atoms with Crippen molar-refractivity contribution in [2.75, 3.05) is 38.2 Å². The monoisotopic (exact) mass is 306 g/mol. The molecule has 1 aliphatic heterocycles. The zero-order chi connectivity index (χ0) is 14.9. The van der Waals surface area contributed by atoms with Crippen molar-refractivity contribution in [1.29, 1.82) is 0 Å². The molecule has 0 radical (unpaired) electrons. The molecule has 1 atom stereocenters. The van der Waals surface area contributed by atoms with Gasteiger partial charge in [0.15, 0.2) is 9.84 Å². The lowest BCUT2D eigenvalue weighted by atomic mass is 10.3. The van der Waals surface area contributed by atoms with Crippen LogP contribution in [-0.4, -0.2) is 51.9 Å². The molecule has 8 heteroatoms. The number of anilines is 1. The Morgan fingerprint density at radius 3 is 2.55 bits per heavy atom. The molecule has 0 saturated carbocycles. The second-order valence-corrected chi connectivity index (χ2v) is 6.82. The van der Waals surface area contributed by atoms with Gasteiger partial charge in [-0.3, -0.25) is 0 Å². The van der Waals surface area contributed by atoms with Crippen LogP contribution in [0.2, 0.25) is 0 Å². The van der Waals surface area contributed by atoms with Crippen LogP contribution < -0.4 is 5.73 Å². The number of ether oxygens (including phenoxy) is 1. The van der Waals surface area contributed by atoms with Gasteiger partial charge in [-0.2, -0.15) is 0 Å². The first-order valence-electron chi connectivity index (χ1n) is 6.07. The van der Waals surface area contributed by atoms with Crippen LogP contribution >= 0.6 is 0 Å². The Morgan fingerprint density at radius 1 is 1.40 bits per heavy atom. The molecular weight excluding hydrogens is 290 g/mol. The number of benzene rings is 1. The number of nitrogens with two attached hydrogens (primary N) is 1. The molecule has 1 aromatic rings. The summed E-state index contributed by atoms with van der Waals surface area (Å²) in [7, 11) is -2.29. The maximum atomic E-state index is 13.7. The smallest absolute Gasteiger partial charge is 0.186 e. The number of morpholine rings is 1. The van der Waals surface area contributed by atoms with Crippen molar-refractivity contribution in [2.24, 2.45) is 0 Å². The minimum atomic E-state index is -4.12. The number of rotatable bonds is 3. The van der Waals surface area contributed by atoms with Crippen molar-refractivity contribution < 1.29 is 21.9 Å². The number of halogens is 2. The SMILES string of the molecule is CN1CCOC(CS(=O)(=O)c2c(F)cc(N)cc2F)C1. The fraction of sp³-hybridized carbons (Fsp3) is 0.500. The van der Waals surface area contributed by atoms with E-state index in [0.717, 1.165) is 12.1 Å². The first-order chi connectivity index (χ1) is 9.29. The molecular formula is C12H16F2N2O3S. The van der Waals surface area contributed by atoms with Crippen molar-refractivity contribution in [3.8, 4) is 0 Å². The van der Waals surface area contributed by atoms with E-state index in [1.165, 1.54) is 0 Å². The van der Waals surface area contributed by atoms with Gasteiger partial charge in [0.1, 0.15) is 16.5 Å². The fourth-order valence-electron chi connectivity index (χ4n) is 2.17. The van der Waals surface area contributed by atoms with Crippen LogP contribution in [0.1, 0.15) is 0 Å². The Morgan fingerprint density at radius 2 is 2.00 bits per heavy atom. The van der Waals surface area contributed by atoms with E-state index in [4.69, 9.17) is 10.5 Å². The van der Waals surface area contributed by atoms with Gasteiger partial charge >= 0.3 is 0 Å². The summed E-state index contributed by atoms with van der Waals surface area (Å²) >= 11 is 0. The molecule has 2 N–H and O–H groups in total. The highest BCUT2D eigenvalue weighted by Gasteiger charge is 2.30. The Kier molecular flexibility index (Phi) is 4.26. The zero-order valence-electron chi connectivity index (χ0n) is 11.0. The molecule has 1 aliphatic rings. The van der Waals surface area contributed by atoms with E-state index in [-0.39, 0.29) is 5.69 Å². The van der Waals surface area contributed by atoms with Crippen molar-refractivity contribution in [3.63, 3.8) is 0 Å². The molecule has 0 bridgehead atoms. The van der Waals surface area contributed by atoms with Crippen LogP contribution in [0.3, 0.4) is 0 Å². The van der Waals surface area contributed by atoms with Crippen LogP contribution in [0, 0.1) is 11.6 Å². The number of nitrogen functional groups attached to an aromatic ring is 1. The molecule has 0 aliphatic carbocycles. The predicted octanol–water partition coefficient (Wildman–Crippen LogP) is 0.651. The maximum Gasteiger partial charge on any atom is 0.186 e. The normalized spacial score (nSPS) is 21.1. The highest BCUT2D eigenvalue weighted by Crippen LogP contribution is 2.24. The summed E-state index contributed by atoms with van der Waals surface area (Å²) in [4.78, 5) is 0.961. The van der Waals surface area contributed by atoms with Crippen LogP contribution in [0.25, 0.3) is 0 Å². The molecule has 1 aromatic carbocycles.